The zero-order chi connectivity index (χ0) is 6.69. The SMILES string of the molecule is CB(C)N1CCNCC1. The van der Waals surface area contributed by atoms with Crippen molar-refractivity contribution in [3.63, 3.8) is 0 Å². The van der Waals surface area contributed by atoms with E-state index in [1.807, 2.05) is 0 Å². The van der Waals surface area contributed by atoms with Crippen molar-refractivity contribution >= 4 is 6.85 Å². The van der Waals surface area contributed by atoms with Crippen molar-refractivity contribution < 1.29 is 0 Å². The number of hydrogen-bond donors (Lipinski definition) is 1. The molecule has 0 spiro atoms. The summed E-state index contributed by atoms with van der Waals surface area (Å²) in [6.45, 7) is 10.0. The maximum Gasteiger partial charge on any atom is 0.216 e. The molecule has 52 valence electrons. The molecular weight excluding hydrogens is 111 g/mol. The highest BCUT2D eigenvalue weighted by Crippen LogP contribution is 1.95. The van der Waals surface area contributed by atoms with Crippen LogP contribution in [0.2, 0.25) is 13.6 Å². The van der Waals surface area contributed by atoms with Gasteiger partial charge in [0.15, 0.2) is 0 Å². The monoisotopic (exact) mass is 126 g/mol. The van der Waals surface area contributed by atoms with Crippen LogP contribution in [-0.4, -0.2) is 37.8 Å². The summed E-state index contributed by atoms with van der Waals surface area (Å²) in [7, 11) is 0. The van der Waals surface area contributed by atoms with Crippen LogP contribution in [-0.2, 0) is 0 Å². The van der Waals surface area contributed by atoms with Crippen LogP contribution in [0.5, 0.6) is 0 Å². The van der Waals surface area contributed by atoms with E-state index in [4.69, 9.17) is 0 Å². The molecule has 0 aromatic heterocycles. The first kappa shape index (κ1) is 7.10. The van der Waals surface area contributed by atoms with E-state index >= 15 is 0 Å². The van der Waals surface area contributed by atoms with Crippen LogP contribution in [0.15, 0.2) is 0 Å². The molecule has 0 bridgehead atoms. The average Bonchev–Trinajstić information content (AvgIpc) is 1.90. The van der Waals surface area contributed by atoms with Crippen molar-refractivity contribution in [2.45, 2.75) is 13.6 Å². The van der Waals surface area contributed by atoms with Gasteiger partial charge in [-0.2, -0.15) is 0 Å². The first-order valence-electron chi connectivity index (χ1n) is 3.75. The summed E-state index contributed by atoms with van der Waals surface area (Å²) in [4.78, 5) is 2.50. The first-order chi connectivity index (χ1) is 4.30. The fraction of sp³-hybridized carbons (Fsp3) is 1.00. The highest BCUT2D eigenvalue weighted by Gasteiger charge is 2.13. The molecule has 1 heterocycles. The van der Waals surface area contributed by atoms with Crippen molar-refractivity contribution in [2.75, 3.05) is 26.2 Å². The van der Waals surface area contributed by atoms with Crippen LogP contribution in [0.1, 0.15) is 0 Å². The van der Waals surface area contributed by atoms with Gasteiger partial charge in [-0.15, -0.1) is 0 Å². The summed E-state index contributed by atoms with van der Waals surface area (Å²) >= 11 is 0. The first-order valence-corrected chi connectivity index (χ1v) is 3.75. The van der Waals surface area contributed by atoms with Gasteiger partial charge in [0.1, 0.15) is 0 Å². The minimum Gasteiger partial charge on any atom is -0.340 e. The minimum absolute atomic E-state index is 0.729. The molecule has 0 atom stereocenters. The second-order valence-electron chi connectivity index (χ2n) is 2.88. The Balaban J connectivity index is 2.23. The van der Waals surface area contributed by atoms with E-state index in [0.29, 0.717) is 0 Å². The van der Waals surface area contributed by atoms with Gasteiger partial charge >= 0.3 is 0 Å². The van der Waals surface area contributed by atoms with E-state index < -0.39 is 0 Å². The van der Waals surface area contributed by atoms with Crippen molar-refractivity contribution in [3.8, 4) is 0 Å². The van der Waals surface area contributed by atoms with Gasteiger partial charge in [0, 0.05) is 13.1 Å². The lowest BCUT2D eigenvalue weighted by atomic mass is 9.66. The van der Waals surface area contributed by atoms with Crippen molar-refractivity contribution in [1.82, 2.24) is 10.1 Å². The van der Waals surface area contributed by atoms with Gasteiger partial charge in [-0.1, -0.05) is 13.6 Å². The van der Waals surface area contributed by atoms with Gasteiger partial charge < -0.3 is 10.1 Å². The molecule has 2 nitrogen and oxygen atoms in total. The summed E-state index contributed by atoms with van der Waals surface area (Å²) in [6.07, 6.45) is 0. The Labute approximate surface area is 57.7 Å². The smallest absolute Gasteiger partial charge is 0.216 e. The lowest BCUT2D eigenvalue weighted by molar-refractivity contribution is 0.370. The third kappa shape index (κ3) is 1.99. The van der Waals surface area contributed by atoms with E-state index in [9.17, 15) is 0 Å². The fourth-order valence-electron chi connectivity index (χ4n) is 1.20. The number of hydrogen-bond acceptors (Lipinski definition) is 2. The highest BCUT2D eigenvalue weighted by molar-refractivity contribution is 6.52. The molecule has 1 saturated heterocycles. The van der Waals surface area contributed by atoms with Gasteiger partial charge in [0.05, 0.1) is 0 Å². The number of rotatable bonds is 1. The van der Waals surface area contributed by atoms with E-state index in [1.165, 1.54) is 13.1 Å². The maximum absolute atomic E-state index is 3.33. The van der Waals surface area contributed by atoms with Crippen LogP contribution in [0.25, 0.3) is 0 Å². The van der Waals surface area contributed by atoms with Gasteiger partial charge in [-0.05, 0) is 13.1 Å². The molecular formula is C6H15BN2. The highest BCUT2D eigenvalue weighted by atomic mass is 15.1. The van der Waals surface area contributed by atoms with Gasteiger partial charge in [0.2, 0.25) is 6.85 Å². The third-order valence-electron chi connectivity index (χ3n) is 1.88. The molecule has 1 rings (SSSR count). The fourth-order valence-corrected chi connectivity index (χ4v) is 1.20. The Bertz CT molecular complexity index is 79.1. The van der Waals surface area contributed by atoms with Crippen LogP contribution < -0.4 is 5.32 Å². The Kier molecular flexibility index (Phi) is 2.55. The molecule has 0 amide bonds. The molecule has 9 heavy (non-hydrogen) atoms. The standard InChI is InChI=1S/C6H15BN2/c1-7(2)9-5-3-8-4-6-9/h8H,3-6H2,1-2H3. The number of nitrogens with zero attached hydrogens (tertiary/aromatic N) is 1. The second kappa shape index (κ2) is 3.23. The third-order valence-corrected chi connectivity index (χ3v) is 1.88. The maximum atomic E-state index is 3.33. The topological polar surface area (TPSA) is 15.3 Å². The lowest BCUT2D eigenvalue weighted by Gasteiger charge is -2.29. The van der Waals surface area contributed by atoms with Crippen LogP contribution >= 0.6 is 0 Å². The number of piperazine rings is 1. The average molecular weight is 126 g/mol. The predicted octanol–water partition coefficient (Wildman–Crippen LogP) is 0.143. The van der Waals surface area contributed by atoms with Gasteiger partial charge in [-0.25, -0.2) is 0 Å². The summed E-state index contributed by atoms with van der Waals surface area (Å²) in [5, 5.41) is 3.33. The molecule has 0 aromatic rings. The van der Waals surface area contributed by atoms with Crippen molar-refractivity contribution in [1.29, 1.82) is 0 Å². The molecule has 1 fully saturated rings. The largest absolute Gasteiger partial charge is 0.340 e. The van der Waals surface area contributed by atoms with E-state index in [1.54, 1.807) is 0 Å². The summed E-state index contributed by atoms with van der Waals surface area (Å²) in [5.74, 6) is 0. The molecule has 1 N–H and O–H groups in total. The molecule has 1 aliphatic rings. The second-order valence-corrected chi connectivity index (χ2v) is 2.88. The van der Waals surface area contributed by atoms with E-state index in [-0.39, 0.29) is 0 Å². The molecule has 3 heteroatoms. The van der Waals surface area contributed by atoms with Crippen molar-refractivity contribution in [3.05, 3.63) is 0 Å². The van der Waals surface area contributed by atoms with Gasteiger partial charge in [0.25, 0.3) is 0 Å². The van der Waals surface area contributed by atoms with Crippen LogP contribution in [0.4, 0.5) is 0 Å². The minimum atomic E-state index is 0.729. The predicted molar refractivity (Wildman–Crippen MR) is 41.9 cm³/mol. The molecule has 0 radical (unpaired) electrons. The lowest BCUT2D eigenvalue weighted by Crippen LogP contribution is -2.48. The zero-order valence-electron chi connectivity index (χ0n) is 6.35. The summed E-state index contributed by atoms with van der Waals surface area (Å²) < 4.78 is 0. The Morgan fingerprint density at radius 2 is 1.78 bits per heavy atom. The van der Waals surface area contributed by atoms with E-state index in [0.717, 1.165) is 19.9 Å². The quantitative estimate of drug-likeness (QED) is 0.503. The Hall–Kier alpha value is -0.0151. The van der Waals surface area contributed by atoms with Gasteiger partial charge in [-0.3, -0.25) is 0 Å². The molecule has 1 aliphatic heterocycles. The summed E-state index contributed by atoms with van der Waals surface area (Å²) in [5.41, 5.74) is 0. The molecule has 0 unspecified atom stereocenters. The van der Waals surface area contributed by atoms with Crippen molar-refractivity contribution in [2.24, 2.45) is 0 Å². The Morgan fingerprint density at radius 1 is 1.22 bits per heavy atom. The molecule has 0 aliphatic carbocycles. The zero-order valence-corrected chi connectivity index (χ0v) is 6.35. The molecule has 0 saturated carbocycles. The Morgan fingerprint density at radius 3 is 2.11 bits per heavy atom. The van der Waals surface area contributed by atoms with E-state index in [2.05, 4.69) is 23.8 Å². The normalized spacial score (nSPS) is 22.0. The van der Waals surface area contributed by atoms with Crippen LogP contribution in [0.3, 0.4) is 0 Å². The van der Waals surface area contributed by atoms with Crippen LogP contribution in [0, 0.1) is 0 Å². The molecule has 0 aromatic carbocycles. The number of nitrogens with one attached hydrogen (secondary N) is 1. The summed E-state index contributed by atoms with van der Waals surface area (Å²) in [6, 6.07) is 0.